The maximum absolute atomic E-state index is 9.88. The molecule has 0 bridgehead atoms. The molecule has 1 saturated carbocycles. The van der Waals surface area contributed by atoms with Gasteiger partial charge in [0, 0.05) is 10.2 Å². The number of aryl methyl sites for hydroxylation is 1. The number of anilines is 1. The maximum atomic E-state index is 9.88. The normalized spacial score (nSPS) is 25.4. The first-order chi connectivity index (χ1) is 7.66. The van der Waals surface area contributed by atoms with Crippen molar-refractivity contribution in [3.8, 4) is 0 Å². The Morgan fingerprint density at radius 2 is 2.06 bits per heavy atom. The third kappa shape index (κ3) is 2.77. The lowest BCUT2D eigenvalue weighted by Crippen LogP contribution is -2.36. The second-order valence-corrected chi connectivity index (χ2v) is 5.42. The maximum Gasteiger partial charge on any atom is 0.0741 e. The summed E-state index contributed by atoms with van der Waals surface area (Å²) in [4.78, 5) is 0. The summed E-state index contributed by atoms with van der Waals surface area (Å²) >= 11 is 3.52. The van der Waals surface area contributed by atoms with E-state index in [1.165, 1.54) is 12.0 Å². The van der Waals surface area contributed by atoms with E-state index < -0.39 is 0 Å². The quantitative estimate of drug-likeness (QED) is 0.871. The van der Waals surface area contributed by atoms with Gasteiger partial charge in [-0.2, -0.15) is 0 Å². The number of aliphatic hydroxyl groups excluding tert-OH is 1. The predicted molar refractivity (Wildman–Crippen MR) is 70.8 cm³/mol. The highest BCUT2D eigenvalue weighted by molar-refractivity contribution is 9.10. The Kier molecular flexibility index (Phi) is 3.87. The fourth-order valence-electron chi connectivity index (χ4n) is 2.18. The highest BCUT2D eigenvalue weighted by Gasteiger charge is 2.22. The molecule has 2 N–H and O–H groups in total. The molecule has 1 aromatic carbocycles. The van der Waals surface area contributed by atoms with E-state index in [-0.39, 0.29) is 12.1 Å². The van der Waals surface area contributed by atoms with Crippen molar-refractivity contribution in [3.05, 3.63) is 28.2 Å². The van der Waals surface area contributed by atoms with Crippen molar-refractivity contribution in [3.63, 3.8) is 0 Å². The van der Waals surface area contributed by atoms with Crippen molar-refractivity contribution in [1.82, 2.24) is 0 Å². The Balaban J connectivity index is 2.05. The van der Waals surface area contributed by atoms with Gasteiger partial charge < -0.3 is 10.4 Å². The lowest BCUT2D eigenvalue weighted by atomic mass is 9.92. The van der Waals surface area contributed by atoms with Crippen LogP contribution in [-0.4, -0.2) is 17.3 Å². The smallest absolute Gasteiger partial charge is 0.0741 e. The molecular weight excluding hydrogens is 266 g/mol. The van der Waals surface area contributed by atoms with Gasteiger partial charge in [0.15, 0.2) is 0 Å². The van der Waals surface area contributed by atoms with E-state index in [2.05, 4.69) is 46.4 Å². The Morgan fingerprint density at radius 3 is 2.75 bits per heavy atom. The third-order valence-electron chi connectivity index (χ3n) is 3.25. The molecular formula is C13H18BrNO. The summed E-state index contributed by atoms with van der Waals surface area (Å²) in [7, 11) is 0. The van der Waals surface area contributed by atoms with Crippen molar-refractivity contribution in [2.45, 2.75) is 44.8 Å². The zero-order valence-corrected chi connectivity index (χ0v) is 11.1. The molecule has 0 spiro atoms. The molecule has 2 nitrogen and oxygen atoms in total. The average Bonchev–Trinajstić information content (AvgIpc) is 2.27. The van der Waals surface area contributed by atoms with E-state index in [0.717, 1.165) is 29.4 Å². The van der Waals surface area contributed by atoms with Crippen LogP contribution in [-0.2, 0) is 0 Å². The molecule has 16 heavy (non-hydrogen) atoms. The summed E-state index contributed by atoms with van der Waals surface area (Å²) in [6.45, 7) is 2.07. The highest BCUT2D eigenvalue weighted by Crippen LogP contribution is 2.25. The first kappa shape index (κ1) is 11.9. The second kappa shape index (κ2) is 5.19. The van der Waals surface area contributed by atoms with Crippen LogP contribution in [0.15, 0.2) is 22.7 Å². The zero-order chi connectivity index (χ0) is 11.5. The summed E-state index contributed by atoms with van der Waals surface area (Å²) in [5, 5.41) is 13.3. The molecule has 1 aliphatic carbocycles. The first-order valence-corrected chi connectivity index (χ1v) is 6.67. The summed E-state index contributed by atoms with van der Waals surface area (Å²) < 4.78 is 1.11. The molecule has 1 fully saturated rings. The molecule has 1 aromatic rings. The monoisotopic (exact) mass is 283 g/mol. The molecule has 0 radical (unpaired) electrons. The van der Waals surface area contributed by atoms with Gasteiger partial charge in [-0.05, 0) is 37.5 Å². The summed E-state index contributed by atoms with van der Waals surface area (Å²) in [5.41, 5.74) is 2.32. The third-order valence-corrected chi connectivity index (χ3v) is 4.11. The van der Waals surface area contributed by atoms with E-state index in [1.54, 1.807) is 0 Å². The fraction of sp³-hybridized carbons (Fsp3) is 0.538. The molecule has 0 amide bonds. The predicted octanol–water partition coefficient (Wildman–Crippen LogP) is 3.47. The Hall–Kier alpha value is -0.540. The zero-order valence-electron chi connectivity index (χ0n) is 9.54. The van der Waals surface area contributed by atoms with Gasteiger partial charge in [-0.25, -0.2) is 0 Å². The van der Waals surface area contributed by atoms with Gasteiger partial charge >= 0.3 is 0 Å². The van der Waals surface area contributed by atoms with Crippen LogP contribution in [0.4, 0.5) is 5.69 Å². The minimum atomic E-state index is -0.200. The molecule has 0 aromatic heterocycles. The average molecular weight is 284 g/mol. The molecule has 0 aliphatic heterocycles. The lowest BCUT2D eigenvalue weighted by molar-refractivity contribution is 0.116. The lowest BCUT2D eigenvalue weighted by Gasteiger charge is -2.29. The van der Waals surface area contributed by atoms with Crippen LogP contribution in [0, 0.1) is 6.92 Å². The van der Waals surface area contributed by atoms with Gasteiger partial charge in [0.05, 0.1) is 12.1 Å². The Labute approximate surface area is 105 Å². The highest BCUT2D eigenvalue weighted by atomic mass is 79.9. The largest absolute Gasteiger partial charge is 0.391 e. The number of nitrogens with one attached hydrogen (secondary N) is 1. The van der Waals surface area contributed by atoms with Crippen molar-refractivity contribution >= 4 is 21.6 Å². The molecule has 3 heteroatoms. The molecule has 0 heterocycles. The van der Waals surface area contributed by atoms with Crippen LogP contribution in [0.25, 0.3) is 0 Å². The van der Waals surface area contributed by atoms with Gasteiger partial charge in [-0.1, -0.05) is 34.8 Å². The first-order valence-electron chi connectivity index (χ1n) is 5.87. The molecule has 2 rings (SSSR count). The van der Waals surface area contributed by atoms with E-state index in [9.17, 15) is 5.11 Å². The number of benzene rings is 1. The van der Waals surface area contributed by atoms with E-state index in [1.807, 2.05) is 0 Å². The van der Waals surface area contributed by atoms with Crippen LogP contribution in [0.1, 0.15) is 31.2 Å². The second-order valence-electron chi connectivity index (χ2n) is 4.57. The van der Waals surface area contributed by atoms with Crippen LogP contribution in [0.3, 0.4) is 0 Å². The standard InChI is InChI=1S/C13H18BrNO/c1-9-6-7-10(8-11(9)14)15-12-4-2-3-5-13(12)16/h6-8,12-13,15-16H,2-5H2,1H3/t12-,13-/m0/s1. The van der Waals surface area contributed by atoms with Gasteiger partial charge in [0.1, 0.15) is 0 Å². The Morgan fingerprint density at radius 1 is 1.31 bits per heavy atom. The summed E-state index contributed by atoms with van der Waals surface area (Å²) in [5.74, 6) is 0. The number of halogens is 1. The van der Waals surface area contributed by atoms with Crippen LogP contribution in [0.2, 0.25) is 0 Å². The minimum absolute atomic E-state index is 0.200. The Bertz CT molecular complexity index is 367. The van der Waals surface area contributed by atoms with Crippen molar-refractivity contribution in [1.29, 1.82) is 0 Å². The van der Waals surface area contributed by atoms with E-state index >= 15 is 0 Å². The van der Waals surface area contributed by atoms with Crippen molar-refractivity contribution in [2.75, 3.05) is 5.32 Å². The van der Waals surface area contributed by atoms with Gasteiger partial charge in [-0.15, -0.1) is 0 Å². The van der Waals surface area contributed by atoms with Gasteiger partial charge in [-0.3, -0.25) is 0 Å². The molecule has 88 valence electrons. The number of hydrogen-bond acceptors (Lipinski definition) is 2. The molecule has 2 atom stereocenters. The van der Waals surface area contributed by atoms with Gasteiger partial charge in [0.2, 0.25) is 0 Å². The van der Waals surface area contributed by atoms with Crippen LogP contribution < -0.4 is 5.32 Å². The summed E-state index contributed by atoms with van der Waals surface area (Å²) in [6, 6.07) is 6.45. The number of aliphatic hydroxyl groups is 1. The minimum Gasteiger partial charge on any atom is -0.391 e. The summed E-state index contributed by atoms with van der Waals surface area (Å²) in [6.07, 6.45) is 4.14. The fourth-order valence-corrected chi connectivity index (χ4v) is 2.56. The molecule has 1 aliphatic rings. The number of hydrogen-bond donors (Lipinski definition) is 2. The van der Waals surface area contributed by atoms with Gasteiger partial charge in [0.25, 0.3) is 0 Å². The number of rotatable bonds is 2. The molecule has 0 unspecified atom stereocenters. The van der Waals surface area contributed by atoms with Crippen LogP contribution >= 0.6 is 15.9 Å². The van der Waals surface area contributed by atoms with Crippen LogP contribution in [0.5, 0.6) is 0 Å². The topological polar surface area (TPSA) is 32.3 Å². The van der Waals surface area contributed by atoms with E-state index in [0.29, 0.717) is 0 Å². The van der Waals surface area contributed by atoms with Crippen molar-refractivity contribution < 1.29 is 5.11 Å². The van der Waals surface area contributed by atoms with E-state index in [4.69, 9.17) is 0 Å². The van der Waals surface area contributed by atoms with Crippen molar-refractivity contribution in [2.24, 2.45) is 0 Å². The molecule has 0 saturated heterocycles. The SMILES string of the molecule is Cc1ccc(N[C@H]2CCCC[C@@H]2O)cc1Br.